The van der Waals surface area contributed by atoms with Gasteiger partial charge in [-0.05, 0) is 11.1 Å². The Bertz CT molecular complexity index is 658. The standard InChI is InChI=1S/C19H21NO4/c1-23-18(21)13-17(16-11-7-4-8-12-16)20(19(22)24-2)14-15-9-5-3-6-10-15/h3-12,17H,13-14H2,1-2H3. The lowest BCUT2D eigenvalue weighted by molar-refractivity contribution is -0.142. The summed E-state index contributed by atoms with van der Waals surface area (Å²) in [5.41, 5.74) is 1.80. The normalized spacial score (nSPS) is 11.4. The molecule has 0 aliphatic rings. The molecule has 1 amide bonds. The van der Waals surface area contributed by atoms with Crippen molar-refractivity contribution in [3.05, 3.63) is 71.8 Å². The zero-order valence-electron chi connectivity index (χ0n) is 13.8. The molecule has 126 valence electrons. The molecule has 0 aliphatic heterocycles. The van der Waals surface area contributed by atoms with E-state index in [1.54, 1.807) is 4.90 Å². The predicted molar refractivity (Wildman–Crippen MR) is 90.2 cm³/mol. The summed E-state index contributed by atoms with van der Waals surface area (Å²) in [6, 6.07) is 18.5. The van der Waals surface area contributed by atoms with Crippen LogP contribution in [0, 0.1) is 0 Å². The first-order chi connectivity index (χ1) is 11.7. The highest BCUT2D eigenvalue weighted by atomic mass is 16.5. The van der Waals surface area contributed by atoms with Crippen LogP contribution in [0.25, 0.3) is 0 Å². The van der Waals surface area contributed by atoms with Gasteiger partial charge in [0, 0.05) is 6.54 Å². The van der Waals surface area contributed by atoms with E-state index in [0.717, 1.165) is 11.1 Å². The molecule has 2 aromatic rings. The van der Waals surface area contributed by atoms with Crippen molar-refractivity contribution in [2.24, 2.45) is 0 Å². The molecule has 0 aliphatic carbocycles. The number of esters is 1. The van der Waals surface area contributed by atoms with E-state index in [4.69, 9.17) is 9.47 Å². The fraction of sp³-hybridized carbons (Fsp3) is 0.263. The lowest BCUT2D eigenvalue weighted by Gasteiger charge is -2.30. The maximum atomic E-state index is 12.4. The summed E-state index contributed by atoms with van der Waals surface area (Å²) < 4.78 is 9.74. The number of methoxy groups -OCH3 is 2. The molecule has 0 spiro atoms. The summed E-state index contributed by atoms with van der Waals surface area (Å²) in [4.78, 5) is 25.8. The number of ether oxygens (including phenoxy) is 2. The van der Waals surface area contributed by atoms with Crippen LogP contribution in [0.2, 0.25) is 0 Å². The Hall–Kier alpha value is -2.82. The smallest absolute Gasteiger partial charge is 0.410 e. The van der Waals surface area contributed by atoms with Gasteiger partial charge in [0.25, 0.3) is 0 Å². The quantitative estimate of drug-likeness (QED) is 0.761. The number of carbonyl (C=O) groups excluding carboxylic acids is 2. The number of hydrogen-bond donors (Lipinski definition) is 0. The average Bonchev–Trinajstić information content (AvgIpc) is 2.65. The van der Waals surface area contributed by atoms with E-state index >= 15 is 0 Å². The van der Waals surface area contributed by atoms with Crippen molar-refractivity contribution in [3.63, 3.8) is 0 Å². The highest BCUT2D eigenvalue weighted by Crippen LogP contribution is 2.27. The summed E-state index contributed by atoms with van der Waals surface area (Å²) in [6.45, 7) is 0.337. The first-order valence-corrected chi connectivity index (χ1v) is 7.66. The van der Waals surface area contributed by atoms with Crippen LogP contribution in [0.15, 0.2) is 60.7 Å². The molecular formula is C19H21NO4. The number of amides is 1. The molecule has 2 rings (SSSR count). The van der Waals surface area contributed by atoms with Gasteiger partial charge in [0.2, 0.25) is 0 Å². The van der Waals surface area contributed by atoms with E-state index in [0.29, 0.717) is 6.54 Å². The Morgan fingerprint density at radius 2 is 1.50 bits per heavy atom. The van der Waals surface area contributed by atoms with Crippen LogP contribution in [0.5, 0.6) is 0 Å². The summed E-state index contributed by atoms with van der Waals surface area (Å²) in [5, 5.41) is 0. The Labute approximate surface area is 141 Å². The molecule has 5 heteroatoms. The van der Waals surface area contributed by atoms with E-state index < -0.39 is 12.1 Å². The van der Waals surface area contributed by atoms with Gasteiger partial charge in [-0.25, -0.2) is 4.79 Å². The molecule has 0 heterocycles. The molecule has 0 N–H and O–H groups in total. The number of rotatable bonds is 6. The number of nitrogens with zero attached hydrogens (tertiary/aromatic N) is 1. The molecule has 0 saturated heterocycles. The van der Waals surface area contributed by atoms with Crippen LogP contribution in [-0.4, -0.2) is 31.2 Å². The van der Waals surface area contributed by atoms with Crippen LogP contribution in [0.3, 0.4) is 0 Å². The zero-order valence-corrected chi connectivity index (χ0v) is 13.8. The van der Waals surface area contributed by atoms with E-state index in [-0.39, 0.29) is 12.4 Å². The minimum absolute atomic E-state index is 0.0580. The van der Waals surface area contributed by atoms with Gasteiger partial charge in [0.15, 0.2) is 0 Å². The van der Waals surface area contributed by atoms with Crippen molar-refractivity contribution in [1.29, 1.82) is 0 Å². The molecule has 24 heavy (non-hydrogen) atoms. The van der Waals surface area contributed by atoms with Crippen LogP contribution in [-0.2, 0) is 20.8 Å². The van der Waals surface area contributed by atoms with Crippen LogP contribution in [0.1, 0.15) is 23.6 Å². The summed E-state index contributed by atoms with van der Waals surface area (Å²) in [5.74, 6) is -0.384. The van der Waals surface area contributed by atoms with Gasteiger partial charge in [-0.2, -0.15) is 0 Å². The summed E-state index contributed by atoms with van der Waals surface area (Å²) in [7, 11) is 2.67. The van der Waals surface area contributed by atoms with E-state index in [1.807, 2.05) is 60.7 Å². The largest absolute Gasteiger partial charge is 0.469 e. The fourth-order valence-electron chi connectivity index (χ4n) is 2.52. The van der Waals surface area contributed by atoms with Crippen molar-refractivity contribution >= 4 is 12.1 Å². The molecule has 0 fully saturated rings. The predicted octanol–water partition coefficient (Wildman–Crippen LogP) is 3.56. The topological polar surface area (TPSA) is 55.8 Å². The van der Waals surface area contributed by atoms with Gasteiger partial charge in [-0.3, -0.25) is 9.69 Å². The molecule has 0 bridgehead atoms. The van der Waals surface area contributed by atoms with Gasteiger partial charge < -0.3 is 9.47 Å². The lowest BCUT2D eigenvalue weighted by Crippen LogP contribution is -2.35. The third-order valence-electron chi connectivity index (χ3n) is 3.75. The molecule has 0 saturated carbocycles. The minimum Gasteiger partial charge on any atom is -0.469 e. The molecular weight excluding hydrogens is 306 g/mol. The monoisotopic (exact) mass is 327 g/mol. The summed E-state index contributed by atoms with van der Waals surface area (Å²) in [6.07, 6.45) is -0.431. The molecule has 5 nitrogen and oxygen atoms in total. The first kappa shape index (κ1) is 17.5. The van der Waals surface area contributed by atoms with Crippen LogP contribution < -0.4 is 0 Å². The van der Waals surface area contributed by atoms with Crippen LogP contribution >= 0.6 is 0 Å². The van der Waals surface area contributed by atoms with E-state index in [9.17, 15) is 9.59 Å². The Kier molecular flexibility index (Phi) is 6.37. The van der Waals surface area contributed by atoms with Crippen molar-refractivity contribution < 1.29 is 19.1 Å². The molecule has 2 aromatic carbocycles. The van der Waals surface area contributed by atoms with E-state index in [2.05, 4.69) is 0 Å². The maximum absolute atomic E-state index is 12.4. The molecule has 0 aromatic heterocycles. The number of carbonyl (C=O) groups is 2. The van der Waals surface area contributed by atoms with Gasteiger partial charge in [-0.15, -0.1) is 0 Å². The van der Waals surface area contributed by atoms with E-state index in [1.165, 1.54) is 14.2 Å². The molecule has 1 unspecified atom stereocenters. The minimum atomic E-state index is -0.489. The second-order valence-electron chi connectivity index (χ2n) is 5.29. The SMILES string of the molecule is COC(=O)CC(c1ccccc1)N(Cc1ccccc1)C(=O)OC. The third-order valence-corrected chi connectivity index (χ3v) is 3.75. The number of benzene rings is 2. The first-order valence-electron chi connectivity index (χ1n) is 7.66. The van der Waals surface area contributed by atoms with Crippen molar-refractivity contribution in [2.45, 2.75) is 19.0 Å². The number of hydrogen-bond acceptors (Lipinski definition) is 4. The van der Waals surface area contributed by atoms with Gasteiger partial charge in [0.05, 0.1) is 26.7 Å². The van der Waals surface area contributed by atoms with Crippen molar-refractivity contribution in [1.82, 2.24) is 4.90 Å². The van der Waals surface area contributed by atoms with Gasteiger partial charge >= 0.3 is 12.1 Å². The fourth-order valence-corrected chi connectivity index (χ4v) is 2.52. The van der Waals surface area contributed by atoms with Gasteiger partial charge in [-0.1, -0.05) is 60.7 Å². The molecule has 1 atom stereocenters. The highest BCUT2D eigenvalue weighted by molar-refractivity contribution is 5.73. The lowest BCUT2D eigenvalue weighted by atomic mass is 10.0. The Balaban J connectivity index is 2.36. The zero-order chi connectivity index (χ0) is 17.4. The second kappa shape index (κ2) is 8.72. The maximum Gasteiger partial charge on any atom is 0.410 e. The summed E-state index contributed by atoms with van der Waals surface area (Å²) >= 11 is 0. The van der Waals surface area contributed by atoms with Crippen LogP contribution in [0.4, 0.5) is 4.79 Å². The average molecular weight is 327 g/mol. The van der Waals surface area contributed by atoms with Crippen molar-refractivity contribution in [2.75, 3.05) is 14.2 Å². The third kappa shape index (κ3) is 4.59. The Morgan fingerprint density at radius 1 is 0.917 bits per heavy atom. The highest BCUT2D eigenvalue weighted by Gasteiger charge is 2.28. The Morgan fingerprint density at radius 3 is 2.04 bits per heavy atom. The second-order valence-corrected chi connectivity index (χ2v) is 5.29. The van der Waals surface area contributed by atoms with Gasteiger partial charge in [0.1, 0.15) is 0 Å². The molecule has 0 radical (unpaired) electrons. The van der Waals surface area contributed by atoms with Crippen molar-refractivity contribution in [3.8, 4) is 0 Å².